The number of thioether (sulfide) groups is 1. The Hall–Kier alpha value is -3.50. The molecule has 182 valence electrons. The Labute approximate surface area is 208 Å². The summed E-state index contributed by atoms with van der Waals surface area (Å²) in [6.07, 6.45) is 1.71. The third-order valence-corrected chi connectivity index (χ3v) is 7.08. The van der Waals surface area contributed by atoms with Crippen LogP contribution in [0.15, 0.2) is 66.3 Å². The molecule has 4 rings (SSSR count). The Morgan fingerprint density at radius 3 is 2.49 bits per heavy atom. The molecule has 0 spiro atoms. The lowest BCUT2D eigenvalue weighted by molar-refractivity contribution is -0.384. The molecule has 1 aliphatic heterocycles. The van der Waals surface area contributed by atoms with E-state index in [-0.39, 0.29) is 11.6 Å². The second-order valence-corrected chi connectivity index (χ2v) is 9.13. The molecule has 1 saturated heterocycles. The van der Waals surface area contributed by atoms with E-state index in [1.807, 2.05) is 33.7 Å². The van der Waals surface area contributed by atoms with Crippen LogP contribution in [0.1, 0.15) is 22.8 Å². The van der Waals surface area contributed by atoms with Crippen LogP contribution < -0.4 is 0 Å². The van der Waals surface area contributed by atoms with E-state index in [1.54, 1.807) is 24.3 Å². The van der Waals surface area contributed by atoms with E-state index in [0.29, 0.717) is 34.4 Å². The number of benzene rings is 2. The third kappa shape index (κ3) is 5.60. The number of hydrogen-bond donors (Lipinski definition) is 0. The highest BCUT2D eigenvalue weighted by molar-refractivity contribution is 7.98. The first-order chi connectivity index (χ1) is 17.0. The van der Waals surface area contributed by atoms with Crippen LogP contribution in [-0.4, -0.2) is 68.1 Å². The Morgan fingerprint density at radius 1 is 1.11 bits per heavy atom. The number of hydrogen-bond acceptors (Lipinski definition) is 7. The van der Waals surface area contributed by atoms with Gasteiger partial charge >= 0.3 is 0 Å². The summed E-state index contributed by atoms with van der Waals surface area (Å²) < 4.78 is 1.83. The number of amides is 1. The van der Waals surface area contributed by atoms with Crippen LogP contribution in [0.4, 0.5) is 5.69 Å². The van der Waals surface area contributed by atoms with Crippen molar-refractivity contribution in [1.82, 2.24) is 24.6 Å². The minimum Gasteiger partial charge on any atom is -0.336 e. The van der Waals surface area contributed by atoms with Crippen molar-refractivity contribution in [3.05, 3.63) is 82.4 Å². The van der Waals surface area contributed by atoms with Crippen molar-refractivity contribution in [2.75, 3.05) is 32.7 Å². The monoisotopic (exact) mass is 492 g/mol. The summed E-state index contributed by atoms with van der Waals surface area (Å²) in [4.78, 5) is 28.2. The molecule has 0 bridgehead atoms. The highest BCUT2D eigenvalue weighted by Crippen LogP contribution is 2.31. The van der Waals surface area contributed by atoms with Gasteiger partial charge < -0.3 is 9.80 Å². The van der Waals surface area contributed by atoms with Crippen molar-refractivity contribution in [1.29, 1.82) is 0 Å². The number of nitro benzene ring substituents is 1. The SMILES string of the molecule is C=CCn1c(SCc2ccc(C(=O)N3CCN(CC)CC3)cc2)nnc1-c1ccccc1[N+](=O)[O-]. The Kier molecular flexibility index (Phi) is 7.94. The molecule has 0 aliphatic carbocycles. The summed E-state index contributed by atoms with van der Waals surface area (Å²) in [6, 6.07) is 14.2. The van der Waals surface area contributed by atoms with Crippen LogP contribution in [-0.2, 0) is 12.3 Å². The number of allylic oxidation sites excluding steroid dienone is 1. The van der Waals surface area contributed by atoms with Gasteiger partial charge in [0.05, 0.1) is 10.5 Å². The maximum absolute atomic E-state index is 12.8. The summed E-state index contributed by atoms with van der Waals surface area (Å²) in [7, 11) is 0. The quantitative estimate of drug-likeness (QED) is 0.192. The standard InChI is InChI=1S/C25H28N6O3S/c1-3-13-30-23(21-7-5-6-8-22(21)31(33)34)26-27-25(30)35-18-19-9-11-20(12-10-19)24(32)29-16-14-28(4-2)15-17-29/h3,5-12H,1,4,13-18H2,2H3. The number of piperazine rings is 1. The van der Waals surface area contributed by atoms with Crippen molar-refractivity contribution < 1.29 is 9.72 Å². The summed E-state index contributed by atoms with van der Waals surface area (Å²) in [5.74, 6) is 1.12. The number of para-hydroxylation sites is 1. The number of likely N-dealkylation sites (N-methyl/N-ethyl adjacent to an activating group) is 1. The molecule has 0 saturated carbocycles. The second-order valence-electron chi connectivity index (χ2n) is 8.19. The first-order valence-corrected chi connectivity index (χ1v) is 12.5. The van der Waals surface area contributed by atoms with Crippen molar-refractivity contribution in [3.8, 4) is 11.4 Å². The van der Waals surface area contributed by atoms with Crippen molar-refractivity contribution in [2.45, 2.75) is 24.4 Å². The van der Waals surface area contributed by atoms with E-state index < -0.39 is 4.92 Å². The Balaban J connectivity index is 1.45. The molecule has 9 nitrogen and oxygen atoms in total. The first-order valence-electron chi connectivity index (χ1n) is 11.5. The summed E-state index contributed by atoms with van der Waals surface area (Å²) in [5.41, 5.74) is 2.14. The largest absolute Gasteiger partial charge is 0.336 e. The lowest BCUT2D eigenvalue weighted by Crippen LogP contribution is -2.48. The van der Waals surface area contributed by atoms with Gasteiger partial charge in [-0.2, -0.15) is 0 Å². The van der Waals surface area contributed by atoms with Crippen LogP contribution in [0.25, 0.3) is 11.4 Å². The van der Waals surface area contributed by atoms with Gasteiger partial charge in [0, 0.05) is 50.1 Å². The first kappa shape index (κ1) is 24.6. The van der Waals surface area contributed by atoms with Crippen molar-refractivity contribution in [2.24, 2.45) is 0 Å². The fraction of sp³-hybridized carbons (Fsp3) is 0.320. The zero-order valence-electron chi connectivity index (χ0n) is 19.7. The van der Waals surface area contributed by atoms with E-state index >= 15 is 0 Å². The second kappa shape index (κ2) is 11.3. The van der Waals surface area contributed by atoms with Gasteiger partial charge in [-0.1, -0.05) is 49.0 Å². The molecule has 3 aromatic rings. The van der Waals surface area contributed by atoms with E-state index in [1.165, 1.54) is 17.8 Å². The van der Waals surface area contributed by atoms with Gasteiger partial charge in [0.1, 0.15) is 0 Å². The number of carbonyl (C=O) groups excluding carboxylic acids is 1. The number of aromatic nitrogens is 3. The molecular weight excluding hydrogens is 464 g/mol. The van der Waals surface area contributed by atoms with Gasteiger partial charge in [-0.25, -0.2) is 0 Å². The number of rotatable bonds is 9. The minimum absolute atomic E-state index is 0.0156. The molecule has 1 fully saturated rings. The van der Waals surface area contributed by atoms with E-state index in [4.69, 9.17) is 0 Å². The summed E-state index contributed by atoms with van der Waals surface area (Å²) >= 11 is 1.49. The number of nitrogens with zero attached hydrogens (tertiary/aromatic N) is 6. The van der Waals surface area contributed by atoms with Crippen LogP contribution in [0.3, 0.4) is 0 Å². The summed E-state index contributed by atoms with van der Waals surface area (Å²) in [6.45, 7) is 10.7. The third-order valence-electron chi connectivity index (χ3n) is 6.05. The smallest absolute Gasteiger partial charge is 0.280 e. The highest BCUT2D eigenvalue weighted by Gasteiger charge is 2.23. The summed E-state index contributed by atoms with van der Waals surface area (Å²) in [5, 5.41) is 20.7. The van der Waals surface area contributed by atoms with Gasteiger partial charge in [0.15, 0.2) is 11.0 Å². The topological polar surface area (TPSA) is 97.4 Å². The molecule has 0 unspecified atom stereocenters. The van der Waals surface area contributed by atoms with Crippen LogP contribution in [0, 0.1) is 10.1 Å². The molecule has 0 N–H and O–H groups in total. The van der Waals surface area contributed by atoms with Gasteiger partial charge in [-0.3, -0.25) is 19.5 Å². The molecule has 2 aromatic carbocycles. The average molecular weight is 493 g/mol. The van der Waals surface area contributed by atoms with Crippen LogP contribution >= 0.6 is 11.8 Å². The predicted molar refractivity (Wildman–Crippen MR) is 136 cm³/mol. The van der Waals surface area contributed by atoms with Gasteiger partial charge in [0.25, 0.3) is 11.6 Å². The zero-order valence-corrected chi connectivity index (χ0v) is 20.5. The minimum atomic E-state index is -0.415. The van der Waals surface area contributed by atoms with Crippen molar-refractivity contribution >= 4 is 23.4 Å². The van der Waals surface area contributed by atoms with Crippen LogP contribution in [0.2, 0.25) is 0 Å². The van der Waals surface area contributed by atoms with Gasteiger partial charge in [-0.15, -0.1) is 16.8 Å². The molecule has 2 heterocycles. The van der Waals surface area contributed by atoms with E-state index in [9.17, 15) is 14.9 Å². The van der Waals surface area contributed by atoms with Gasteiger partial charge in [0.2, 0.25) is 0 Å². The Morgan fingerprint density at radius 2 is 1.83 bits per heavy atom. The Bertz CT molecular complexity index is 1200. The molecule has 1 aromatic heterocycles. The fourth-order valence-electron chi connectivity index (χ4n) is 4.05. The maximum atomic E-state index is 12.8. The lowest BCUT2D eigenvalue weighted by atomic mass is 10.1. The van der Waals surface area contributed by atoms with Gasteiger partial charge in [-0.05, 0) is 30.3 Å². The van der Waals surface area contributed by atoms with E-state index in [2.05, 4.69) is 28.6 Å². The average Bonchev–Trinajstić information content (AvgIpc) is 3.30. The molecule has 1 amide bonds. The maximum Gasteiger partial charge on any atom is 0.280 e. The lowest BCUT2D eigenvalue weighted by Gasteiger charge is -2.34. The predicted octanol–water partition coefficient (Wildman–Crippen LogP) is 4.11. The van der Waals surface area contributed by atoms with Crippen molar-refractivity contribution in [3.63, 3.8) is 0 Å². The fourth-order valence-corrected chi connectivity index (χ4v) is 4.96. The molecule has 1 aliphatic rings. The molecular formula is C25H28N6O3S. The molecule has 10 heteroatoms. The number of carbonyl (C=O) groups is 1. The number of nitro groups is 1. The zero-order chi connectivity index (χ0) is 24.8. The highest BCUT2D eigenvalue weighted by atomic mass is 32.2. The normalized spacial score (nSPS) is 14.1. The van der Waals surface area contributed by atoms with E-state index in [0.717, 1.165) is 38.3 Å². The molecule has 0 atom stereocenters. The molecule has 35 heavy (non-hydrogen) atoms. The van der Waals surface area contributed by atoms with Crippen LogP contribution in [0.5, 0.6) is 0 Å². The molecule has 0 radical (unpaired) electrons.